The van der Waals surface area contributed by atoms with E-state index in [1.165, 1.54) is 16.4 Å². The van der Waals surface area contributed by atoms with Crippen LogP contribution < -0.4 is 5.32 Å². The SMILES string of the molecule is CC1CN(S(=O)(=O)c2cc(C(=O)Nc3cc(F)ccc3F)ccc2Cl)CC(C)O1. The van der Waals surface area contributed by atoms with E-state index in [0.29, 0.717) is 0 Å². The Morgan fingerprint density at radius 3 is 2.45 bits per heavy atom. The van der Waals surface area contributed by atoms with Crippen LogP contribution in [-0.2, 0) is 14.8 Å². The van der Waals surface area contributed by atoms with Crippen LogP contribution in [0.2, 0.25) is 5.02 Å². The molecule has 1 heterocycles. The van der Waals surface area contributed by atoms with Crippen LogP contribution in [0.1, 0.15) is 24.2 Å². The molecular formula is C19H19ClF2N2O4S. The number of morpholine rings is 1. The van der Waals surface area contributed by atoms with E-state index in [1.54, 1.807) is 13.8 Å². The van der Waals surface area contributed by atoms with Crippen molar-refractivity contribution in [3.05, 3.63) is 58.6 Å². The summed E-state index contributed by atoms with van der Waals surface area (Å²) >= 11 is 6.11. The average Bonchev–Trinajstić information content (AvgIpc) is 2.64. The maximum Gasteiger partial charge on any atom is 0.255 e. The lowest BCUT2D eigenvalue weighted by Gasteiger charge is -2.34. The summed E-state index contributed by atoms with van der Waals surface area (Å²) in [5, 5.41) is 2.18. The van der Waals surface area contributed by atoms with Crippen LogP contribution in [0, 0.1) is 11.6 Å². The molecule has 0 spiro atoms. The molecule has 10 heteroatoms. The Hall–Kier alpha value is -2.07. The number of carbonyl (C=O) groups is 1. The van der Waals surface area contributed by atoms with E-state index >= 15 is 0 Å². The maximum absolute atomic E-state index is 13.8. The van der Waals surface area contributed by atoms with Gasteiger partial charge in [0.2, 0.25) is 10.0 Å². The Bertz CT molecular complexity index is 1040. The number of sulfonamides is 1. The van der Waals surface area contributed by atoms with Crippen molar-refractivity contribution in [3.63, 3.8) is 0 Å². The highest BCUT2D eigenvalue weighted by Crippen LogP contribution is 2.28. The molecule has 1 N–H and O–H groups in total. The van der Waals surface area contributed by atoms with Gasteiger partial charge in [-0.05, 0) is 44.2 Å². The van der Waals surface area contributed by atoms with Crippen molar-refractivity contribution in [3.8, 4) is 0 Å². The van der Waals surface area contributed by atoms with Gasteiger partial charge in [-0.3, -0.25) is 4.79 Å². The topological polar surface area (TPSA) is 75.7 Å². The molecule has 0 aliphatic carbocycles. The first-order valence-electron chi connectivity index (χ1n) is 8.79. The molecule has 2 aromatic carbocycles. The summed E-state index contributed by atoms with van der Waals surface area (Å²) in [6.07, 6.45) is -0.593. The average molecular weight is 445 g/mol. The van der Waals surface area contributed by atoms with Gasteiger partial charge in [0, 0.05) is 24.7 Å². The third-order valence-corrected chi connectivity index (χ3v) is 6.69. The number of anilines is 1. The largest absolute Gasteiger partial charge is 0.373 e. The van der Waals surface area contributed by atoms with E-state index in [9.17, 15) is 22.0 Å². The molecule has 1 aliphatic heterocycles. The van der Waals surface area contributed by atoms with Gasteiger partial charge >= 0.3 is 0 Å². The quantitative estimate of drug-likeness (QED) is 0.780. The van der Waals surface area contributed by atoms with Crippen LogP contribution in [0.4, 0.5) is 14.5 Å². The monoisotopic (exact) mass is 444 g/mol. The molecule has 29 heavy (non-hydrogen) atoms. The maximum atomic E-state index is 13.8. The summed E-state index contributed by atoms with van der Waals surface area (Å²) in [5.41, 5.74) is -0.420. The first-order chi connectivity index (χ1) is 13.6. The van der Waals surface area contributed by atoms with E-state index in [-0.39, 0.29) is 46.5 Å². The molecule has 3 rings (SSSR count). The first kappa shape index (κ1) is 21.6. The fraction of sp³-hybridized carbons (Fsp3) is 0.316. The van der Waals surface area contributed by atoms with E-state index in [1.807, 2.05) is 0 Å². The summed E-state index contributed by atoms with van der Waals surface area (Å²) in [4.78, 5) is 12.2. The van der Waals surface area contributed by atoms with Gasteiger partial charge in [-0.15, -0.1) is 0 Å². The number of nitrogens with one attached hydrogen (secondary N) is 1. The standard InChI is InChI=1S/C19H19ClF2N2O4S/c1-11-9-24(10-12(2)28-11)29(26,27)18-7-13(3-5-15(18)20)19(25)23-17-8-14(21)4-6-16(17)22/h3-8,11-12H,9-10H2,1-2H3,(H,23,25). The Balaban J connectivity index is 1.91. The number of hydrogen-bond donors (Lipinski definition) is 1. The highest BCUT2D eigenvalue weighted by atomic mass is 35.5. The number of nitrogens with zero attached hydrogens (tertiary/aromatic N) is 1. The summed E-state index contributed by atoms with van der Waals surface area (Å²) in [6, 6.07) is 6.33. The lowest BCUT2D eigenvalue weighted by Crippen LogP contribution is -2.48. The number of amides is 1. The van der Waals surface area contributed by atoms with E-state index in [4.69, 9.17) is 16.3 Å². The highest BCUT2D eigenvalue weighted by Gasteiger charge is 2.34. The van der Waals surface area contributed by atoms with Gasteiger partial charge in [-0.1, -0.05) is 11.6 Å². The van der Waals surface area contributed by atoms with Crippen LogP contribution in [0.15, 0.2) is 41.3 Å². The first-order valence-corrected chi connectivity index (χ1v) is 10.6. The molecule has 156 valence electrons. The molecule has 0 radical (unpaired) electrons. The predicted octanol–water partition coefficient (Wildman–Crippen LogP) is 3.67. The molecule has 6 nitrogen and oxygen atoms in total. The van der Waals surface area contributed by atoms with Gasteiger partial charge in [0.15, 0.2) is 0 Å². The Morgan fingerprint density at radius 2 is 1.79 bits per heavy atom. The molecule has 1 saturated heterocycles. The number of benzene rings is 2. The van der Waals surface area contributed by atoms with Crippen LogP contribution in [-0.4, -0.2) is 43.9 Å². The second kappa shape index (κ2) is 8.35. The molecule has 1 amide bonds. The van der Waals surface area contributed by atoms with Gasteiger partial charge < -0.3 is 10.1 Å². The van der Waals surface area contributed by atoms with Crippen LogP contribution in [0.3, 0.4) is 0 Å². The van der Waals surface area contributed by atoms with Crippen molar-refractivity contribution in [2.24, 2.45) is 0 Å². The van der Waals surface area contributed by atoms with Crippen molar-refractivity contribution in [1.29, 1.82) is 0 Å². The number of halogens is 3. The van der Waals surface area contributed by atoms with Crippen molar-refractivity contribution < 1.29 is 26.7 Å². The van der Waals surface area contributed by atoms with Gasteiger partial charge in [0.25, 0.3) is 5.91 Å². The highest BCUT2D eigenvalue weighted by molar-refractivity contribution is 7.89. The van der Waals surface area contributed by atoms with Gasteiger partial charge in [0.05, 0.1) is 22.9 Å². The predicted molar refractivity (Wildman–Crippen MR) is 105 cm³/mol. The van der Waals surface area contributed by atoms with Crippen molar-refractivity contribution in [2.75, 3.05) is 18.4 Å². The Labute approximate surface area is 172 Å². The van der Waals surface area contributed by atoms with Gasteiger partial charge in [-0.2, -0.15) is 4.31 Å². The van der Waals surface area contributed by atoms with Crippen molar-refractivity contribution in [1.82, 2.24) is 4.31 Å². The summed E-state index contributed by atoms with van der Waals surface area (Å²) in [6.45, 7) is 3.82. The minimum absolute atomic E-state index is 0.0507. The third-order valence-electron chi connectivity index (χ3n) is 4.37. The Kier molecular flexibility index (Phi) is 6.23. The molecule has 0 aromatic heterocycles. The second-order valence-electron chi connectivity index (χ2n) is 6.80. The van der Waals surface area contributed by atoms with Crippen LogP contribution >= 0.6 is 11.6 Å². The number of ether oxygens (including phenoxy) is 1. The van der Waals surface area contributed by atoms with Gasteiger partial charge in [-0.25, -0.2) is 17.2 Å². The molecule has 2 aromatic rings. The van der Waals surface area contributed by atoms with Crippen LogP contribution in [0.25, 0.3) is 0 Å². The van der Waals surface area contributed by atoms with Crippen LogP contribution in [0.5, 0.6) is 0 Å². The lowest BCUT2D eigenvalue weighted by atomic mass is 10.2. The second-order valence-corrected chi connectivity index (χ2v) is 9.12. The van der Waals surface area contributed by atoms with E-state index in [2.05, 4.69) is 5.32 Å². The molecule has 2 atom stereocenters. The Morgan fingerprint density at radius 1 is 1.14 bits per heavy atom. The van der Waals surface area contributed by atoms with E-state index in [0.717, 1.165) is 24.3 Å². The third kappa shape index (κ3) is 4.75. The lowest BCUT2D eigenvalue weighted by molar-refractivity contribution is -0.0440. The molecular weight excluding hydrogens is 426 g/mol. The number of carbonyl (C=O) groups excluding carboxylic acids is 1. The zero-order valence-corrected chi connectivity index (χ0v) is 17.2. The smallest absolute Gasteiger partial charge is 0.255 e. The normalized spacial score (nSPS) is 20.4. The zero-order valence-electron chi connectivity index (χ0n) is 15.7. The van der Waals surface area contributed by atoms with Gasteiger partial charge in [0.1, 0.15) is 16.5 Å². The summed E-state index contributed by atoms with van der Waals surface area (Å²) in [5.74, 6) is -2.35. The molecule has 0 bridgehead atoms. The molecule has 1 aliphatic rings. The zero-order chi connectivity index (χ0) is 21.3. The summed E-state index contributed by atoms with van der Waals surface area (Å²) < 4.78 is 60.0. The summed E-state index contributed by atoms with van der Waals surface area (Å²) in [7, 11) is -3.99. The fourth-order valence-corrected chi connectivity index (χ4v) is 5.19. The minimum Gasteiger partial charge on any atom is -0.373 e. The number of hydrogen-bond acceptors (Lipinski definition) is 4. The van der Waals surface area contributed by atoms with E-state index < -0.39 is 27.6 Å². The van der Waals surface area contributed by atoms with Crippen molar-refractivity contribution in [2.45, 2.75) is 31.0 Å². The van der Waals surface area contributed by atoms with Crippen molar-refractivity contribution >= 4 is 33.2 Å². The fourth-order valence-electron chi connectivity index (χ4n) is 3.10. The minimum atomic E-state index is -3.99. The molecule has 0 saturated carbocycles. The molecule has 2 unspecified atom stereocenters. The number of rotatable bonds is 4. The molecule has 1 fully saturated rings.